The molecule has 1 aromatic heterocycles. The van der Waals surface area contributed by atoms with Gasteiger partial charge in [-0.15, -0.1) is 5.10 Å². The fourth-order valence-corrected chi connectivity index (χ4v) is 3.72. The lowest BCUT2D eigenvalue weighted by Gasteiger charge is -2.09. The number of hydrogen-bond acceptors (Lipinski definition) is 3. The van der Waals surface area contributed by atoms with Crippen molar-refractivity contribution in [2.75, 3.05) is 5.32 Å². The zero-order chi connectivity index (χ0) is 22.1. The second-order valence-electron chi connectivity index (χ2n) is 7.33. The van der Waals surface area contributed by atoms with Gasteiger partial charge in [0, 0.05) is 10.0 Å². The minimum Gasteiger partial charge on any atom is -0.318 e. The third kappa shape index (κ3) is 4.40. The number of hydrogen-bond donors (Lipinski definition) is 1. The Labute approximate surface area is 194 Å². The van der Waals surface area contributed by atoms with Crippen LogP contribution in [0.15, 0.2) is 65.1 Å². The number of amides is 1. The molecule has 0 atom stereocenters. The molecule has 5 nitrogen and oxygen atoms in total. The fourth-order valence-electron chi connectivity index (χ4n) is 3.19. The average Bonchev–Trinajstić information content (AvgIpc) is 3.19. The lowest BCUT2D eigenvalue weighted by Crippen LogP contribution is -2.15. The van der Waals surface area contributed by atoms with Crippen LogP contribution in [-0.2, 0) is 0 Å². The number of nitrogens with zero attached hydrogens (tertiary/aromatic N) is 3. The predicted octanol–water partition coefficient (Wildman–Crippen LogP) is 6.53. The molecule has 4 aromatic rings. The fraction of sp³-hybridized carbons (Fsp3) is 0.125. The van der Waals surface area contributed by atoms with Gasteiger partial charge in [0.15, 0.2) is 5.82 Å². The lowest BCUT2D eigenvalue weighted by molar-refractivity contribution is 0.101. The molecule has 156 valence electrons. The molecule has 0 aliphatic heterocycles. The van der Waals surface area contributed by atoms with Crippen LogP contribution in [0.3, 0.4) is 0 Å². The van der Waals surface area contributed by atoms with E-state index in [2.05, 4.69) is 38.3 Å². The molecule has 0 aliphatic rings. The van der Waals surface area contributed by atoms with Gasteiger partial charge in [0.1, 0.15) is 0 Å². The summed E-state index contributed by atoms with van der Waals surface area (Å²) < 4.78 is 2.66. The van der Waals surface area contributed by atoms with Crippen LogP contribution in [0.4, 0.5) is 5.69 Å². The van der Waals surface area contributed by atoms with Gasteiger partial charge in [0.25, 0.3) is 5.91 Å². The molecular formula is C24H20BrClN4O. The maximum Gasteiger partial charge on any atom is 0.295 e. The van der Waals surface area contributed by atoms with Crippen LogP contribution in [-0.4, -0.2) is 20.7 Å². The summed E-state index contributed by atoms with van der Waals surface area (Å²) >= 11 is 9.73. The molecule has 7 heteroatoms. The lowest BCUT2D eigenvalue weighted by atomic mass is 10.1. The second kappa shape index (κ2) is 8.65. The van der Waals surface area contributed by atoms with Gasteiger partial charge >= 0.3 is 0 Å². The third-order valence-electron chi connectivity index (χ3n) is 5.11. The van der Waals surface area contributed by atoms with Crippen LogP contribution < -0.4 is 5.32 Å². The highest BCUT2D eigenvalue weighted by Crippen LogP contribution is 2.27. The van der Waals surface area contributed by atoms with Crippen molar-refractivity contribution in [1.82, 2.24) is 14.8 Å². The number of anilines is 1. The Morgan fingerprint density at radius 3 is 2.39 bits per heavy atom. The maximum absolute atomic E-state index is 13.0. The highest BCUT2D eigenvalue weighted by atomic mass is 79.9. The Hall–Kier alpha value is -2.96. The Morgan fingerprint density at radius 1 is 0.968 bits per heavy atom. The summed E-state index contributed by atoms with van der Waals surface area (Å²) in [6.07, 6.45) is 0. The largest absolute Gasteiger partial charge is 0.318 e. The van der Waals surface area contributed by atoms with E-state index in [1.807, 2.05) is 68.4 Å². The number of carbonyl (C=O) groups is 1. The minimum atomic E-state index is -0.419. The predicted molar refractivity (Wildman–Crippen MR) is 128 cm³/mol. The van der Waals surface area contributed by atoms with Crippen molar-refractivity contribution in [2.45, 2.75) is 20.8 Å². The molecular weight excluding hydrogens is 476 g/mol. The molecule has 3 aromatic carbocycles. The Bertz CT molecular complexity index is 1260. The number of nitrogens with one attached hydrogen (secondary N) is 1. The molecule has 0 spiro atoms. The van der Waals surface area contributed by atoms with E-state index in [1.54, 1.807) is 10.7 Å². The number of benzene rings is 3. The second-order valence-corrected chi connectivity index (χ2v) is 8.66. The summed E-state index contributed by atoms with van der Waals surface area (Å²) in [5, 5.41) is 7.86. The van der Waals surface area contributed by atoms with Gasteiger partial charge in [-0.2, -0.15) is 0 Å². The molecule has 4 rings (SSSR count). The van der Waals surface area contributed by atoms with E-state index in [0.29, 0.717) is 16.5 Å². The molecule has 0 unspecified atom stereocenters. The standard InChI is InChI=1S/C24H20BrClN4O/c1-14-7-12-19(13-16(14)3)30-23(17-8-10-18(25)11-9-17)28-22(29-30)24(31)27-21-15(2)5-4-6-20(21)26/h4-13H,1-3H3,(H,27,31). The number of aromatic nitrogens is 3. The van der Waals surface area contributed by atoms with Crippen molar-refractivity contribution in [3.63, 3.8) is 0 Å². The van der Waals surface area contributed by atoms with E-state index < -0.39 is 5.91 Å². The molecule has 0 radical (unpaired) electrons. The molecule has 0 aliphatic carbocycles. The number of aryl methyl sites for hydroxylation is 3. The van der Waals surface area contributed by atoms with E-state index in [9.17, 15) is 4.79 Å². The number of para-hydroxylation sites is 1. The molecule has 0 saturated heterocycles. The first-order chi connectivity index (χ1) is 14.8. The van der Waals surface area contributed by atoms with Crippen LogP contribution >= 0.6 is 27.5 Å². The normalized spacial score (nSPS) is 10.9. The zero-order valence-electron chi connectivity index (χ0n) is 17.3. The van der Waals surface area contributed by atoms with Gasteiger partial charge < -0.3 is 5.32 Å². The average molecular weight is 496 g/mol. The van der Waals surface area contributed by atoms with Crippen LogP contribution in [0.1, 0.15) is 27.3 Å². The highest BCUT2D eigenvalue weighted by Gasteiger charge is 2.20. The molecule has 1 N–H and O–H groups in total. The first kappa shape index (κ1) is 21.3. The monoisotopic (exact) mass is 494 g/mol. The molecule has 0 bridgehead atoms. The minimum absolute atomic E-state index is 0.0652. The quantitative estimate of drug-likeness (QED) is 0.350. The highest BCUT2D eigenvalue weighted by molar-refractivity contribution is 9.10. The first-order valence-corrected chi connectivity index (χ1v) is 10.9. The van der Waals surface area contributed by atoms with Gasteiger partial charge in [-0.3, -0.25) is 4.79 Å². The van der Waals surface area contributed by atoms with Crippen molar-refractivity contribution in [3.8, 4) is 17.1 Å². The van der Waals surface area contributed by atoms with Crippen molar-refractivity contribution >= 4 is 39.1 Å². The Balaban J connectivity index is 1.80. The van der Waals surface area contributed by atoms with Crippen LogP contribution in [0.25, 0.3) is 17.1 Å². The SMILES string of the molecule is Cc1ccc(-n2nc(C(=O)Nc3c(C)cccc3Cl)nc2-c2ccc(Br)cc2)cc1C. The summed E-state index contributed by atoms with van der Waals surface area (Å²) in [6, 6.07) is 19.2. The van der Waals surface area contributed by atoms with Crippen LogP contribution in [0.5, 0.6) is 0 Å². The van der Waals surface area contributed by atoms with Gasteiger partial charge in [0.05, 0.1) is 16.4 Å². The number of carbonyl (C=O) groups excluding carboxylic acids is 1. The van der Waals surface area contributed by atoms with E-state index in [-0.39, 0.29) is 5.82 Å². The maximum atomic E-state index is 13.0. The van der Waals surface area contributed by atoms with Gasteiger partial charge in [-0.05, 0) is 67.8 Å². The Kier molecular flexibility index (Phi) is 5.94. The zero-order valence-corrected chi connectivity index (χ0v) is 19.6. The molecule has 0 saturated carbocycles. The van der Waals surface area contributed by atoms with Gasteiger partial charge in [-0.1, -0.05) is 57.9 Å². The molecule has 0 fully saturated rings. The van der Waals surface area contributed by atoms with Gasteiger partial charge in [0.2, 0.25) is 5.82 Å². The van der Waals surface area contributed by atoms with Gasteiger partial charge in [-0.25, -0.2) is 9.67 Å². The third-order valence-corrected chi connectivity index (χ3v) is 5.95. The summed E-state index contributed by atoms with van der Waals surface area (Å²) in [4.78, 5) is 17.6. The van der Waals surface area contributed by atoms with Crippen molar-refractivity contribution in [2.24, 2.45) is 0 Å². The smallest absolute Gasteiger partial charge is 0.295 e. The summed E-state index contributed by atoms with van der Waals surface area (Å²) in [5.74, 6) is 0.226. The van der Waals surface area contributed by atoms with Crippen molar-refractivity contribution < 1.29 is 4.79 Å². The van der Waals surface area contributed by atoms with E-state index >= 15 is 0 Å². The van der Waals surface area contributed by atoms with Crippen molar-refractivity contribution in [3.05, 3.63) is 92.7 Å². The van der Waals surface area contributed by atoms with E-state index in [0.717, 1.165) is 26.9 Å². The topological polar surface area (TPSA) is 59.8 Å². The van der Waals surface area contributed by atoms with E-state index in [4.69, 9.17) is 11.6 Å². The summed E-state index contributed by atoms with van der Waals surface area (Å²) in [6.45, 7) is 5.99. The van der Waals surface area contributed by atoms with E-state index in [1.165, 1.54) is 5.56 Å². The molecule has 31 heavy (non-hydrogen) atoms. The van der Waals surface area contributed by atoms with Crippen molar-refractivity contribution in [1.29, 1.82) is 0 Å². The summed E-state index contributed by atoms with van der Waals surface area (Å²) in [7, 11) is 0. The number of rotatable bonds is 4. The summed E-state index contributed by atoms with van der Waals surface area (Å²) in [5.41, 5.74) is 5.42. The number of halogens is 2. The molecule has 1 amide bonds. The van der Waals surface area contributed by atoms with Crippen LogP contribution in [0.2, 0.25) is 5.02 Å². The Morgan fingerprint density at radius 2 is 1.71 bits per heavy atom. The first-order valence-electron chi connectivity index (χ1n) is 9.70. The molecule has 1 heterocycles. The van der Waals surface area contributed by atoms with Crippen LogP contribution in [0, 0.1) is 20.8 Å².